The fourth-order valence-electron chi connectivity index (χ4n) is 4.97. The number of ether oxygens (including phenoxy) is 1. The smallest absolute Gasteiger partial charge is 0.271 e. The van der Waals surface area contributed by atoms with Crippen LogP contribution in [0.25, 0.3) is 11.0 Å². The van der Waals surface area contributed by atoms with Crippen molar-refractivity contribution in [2.24, 2.45) is 0 Å². The Hall–Kier alpha value is -4.44. The van der Waals surface area contributed by atoms with Gasteiger partial charge in [0.15, 0.2) is 10.9 Å². The summed E-state index contributed by atoms with van der Waals surface area (Å²) in [6.07, 6.45) is 5.95. The van der Waals surface area contributed by atoms with E-state index in [1.807, 2.05) is 42.5 Å². The number of aromatic nitrogens is 4. The maximum atomic E-state index is 12.7. The molecule has 0 spiro atoms. The van der Waals surface area contributed by atoms with Crippen molar-refractivity contribution in [1.29, 1.82) is 0 Å². The van der Waals surface area contributed by atoms with Gasteiger partial charge in [-0.15, -0.1) is 0 Å². The van der Waals surface area contributed by atoms with E-state index in [1.165, 1.54) is 23.9 Å². The van der Waals surface area contributed by atoms with Crippen molar-refractivity contribution >= 4 is 34.3 Å². The lowest BCUT2D eigenvalue weighted by atomic mass is 9.87. The van der Waals surface area contributed by atoms with Gasteiger partial charge in [-0.2, -0.15) is 0 Å². The zero-order valence-electron chi connectivity index (χ0n) is 20.9. The number of ketones is 1. The summed E-state index contributed by atoms with van der Waals surface area (Å²) in [5.74, 6) is 2.23. The largest absolute Gasteiger partial charge is 0.485 e. The molecule has 0 unspecified atom stereocenters. The average Bonchev–Trinajstić information content (AvgIpc) is 3.61. The van der Waals surface area contributed by atoms with Gasteiger partial charge in [0.2, 0.25) is 0 Å². The Bertz CT molecular complexity index is 1650. The van der Waals surface area contributed by atoms with Crippen LogP contribution >= 0.6 is 11.8 Å². The molecule has 0 radical (unpaired) electrons. The Labute approximate surface area is 228 Å². The summed E-state index contributed by atoms with van der Waals surface area (Å²) in [7, 11) is 0. The number of nitro groups is 1. The number of aromatic amines is 2. The molecule has 2 heterocycles. The number of nitrogens with one attached hydrogen (secondary N) is 2. The van der Waals surface area contributed by atoms with Crippen molar-refractivity contribution in [2.45, 2.75) is 42.7 Å². The molecule has 0 saturated carbocycles. The molecule has 5 aromatic rings. The number of H-pyrrole nitrogens is 2. The van der Waals surface area contributed by atoms with Crippen molar-refractivity contribution in [3.8, 4) is 5.75 Å². The molecular weight excluding hydrogens is 514 g/mol. The van der Waals surface area contributed by atoms with E-state index in [4.69, 9.17) is 4.74 Å². The van der Waals surface area contributed by atoms with Gasteiger partial charge in [-0.05, 0) is 42.2 Å². The highest BCUT2D eigenvalue weighted by Gasteiger charge is 2.25. The maximum absolute atomic E-state index is 12.7. The number of Topliss-reactive ketones (excluding diaryl/α,β-unsaturated/α-hetero) is 1. The molecule has 0 saturated heterocycles. The molecule has 39 heavy (non-hydrogen) atoms. The van der Waals surface area contributed by atoms with E-state index in [1.54, 1.807) is 18.5 Å². The summed E-state index contributed by atoms with van der Waals surface area (Å²) in [6, 6.07) is 18.4. The molecule has 196 valence electrons. The predicted molar refractivity (Wildman–Crippen MR) is 148 cm³/mol. The summed E-state index contributed by atoms with van der Waals surface area (Å²) in [5, 5.41) is 11.8. The van der Waals surface area contributed by atoms with E-state index in [0.717, 1.165) is 52.2 Å². The standard InChI is InChI=1S/C29H25N5O4S/c35-25-8-4-7-20-21(25)10-12-26(38-27(16-28-30-13-14-31-28)18-5-2-1-3-6-18)22(20)17-39-29-32-23-11-9-19(34(36)37)15-24(23)33-29/h1-3,5-6,9-15,27H,4,7-8,16-17H2,(H,30,31)(H,32,33)/t27-/m0/s1. The van der Waals surface area contributed by atoms with Crippen LogP contribution in [0.5, 0.6) is 5.75 Å². The van der Waals surface area contributed by atoms with E-state index >= 15 is 0 Å². The molecule has 0 fully saturated rings. The number of benzene rings is 3. The van der Waals surface area contributed by atoms with Crippen molar-refractivity contribution < 1.29 is 14.5 Å². The number of carbonyl (C=O) groups excluding carboxylic acids is 1. The summed E-state index contributed by atoms with van der Waals surface area (Å²) in [5.41, 5.74) is 5.04. The molecule has 6 rings (SSSR count). The number of non-ortho nitro benzene ring substituents is 1. The quantitative estimate of drug-likeness (QED) is 0.127. The second-order valence-electron chi connectivity index (χ2n) is 9.39. The van der Waals surface area contributed by atoms with Gasteiger partial charge in [-0.25, -0.2) is 9.97 Å². The predicted octanol–water partition coefficient (Wildman–Crippen LogP) is 6.37. The first-order valence-corrected chi connectivity index (χ1v) is 13.7. The highest BCUT2D eigenvalue weighted by molar-refractivity contribution is 7.98. The summed E-state index contributed by atoms with van der Waals surface area (Å²) >= 11 is 1.48. The summed E-state index contributed by atoms with van der Waals surface area (Å²) in [4.78, 5) is 38.9. The highest BCUT2D eigenvalue weighted by atomic mass is 32.2. The van der Waals surface area contributed by atoms with Crippen LogP contribution in [0.15, 0.2) is 78.2 Å². The topological polar surface area (TPSA) is 127 Å². The van der Waals surface area contributed by atoms with Gasteiger partial charge in [-0.1, -0.05) is 42.1 Å². The van der Waals surface area contributed by atoms with Gasteiger partial charge < -0.3 is 14.7 Å². The molecule has 3 aromatic carbocycles. The zero-order valence-corrected chi connectivity index (χ0v) is 21.7. The van der Waals surface area contributed by atoms with Crippen molar-refractivity contribution in [3.05, 3.63) is 111 Å². The lowest BCUT2D eigenvalue weighted by Crippen LogP contribution is -2.17. The Morgan fingerprint density at radius 3 is 2.77 bits per heavy atom. The minimum Gasteiger partial charge on any atom is -0.485 e. The normalized spacial score (nSPS) is 13.8. The summed E-state index contributed by atoms with van der Waals surface area (Å²) in [6.45, 7) is 0. The second-order valence-corrected chi connectivity index (χ2v) is 10.4. The number of hydrogen-bond donors (Lipinski definition) is 2. The van der Waals surface area contributed by atoms with Crippen LogP contribution in [-0.4, -0.2) is 30.6 Å². The molecule has 0 bridgehead atoms. The van der Waals surface area contributed by atoms with Gasteiger partial charge in [-0.3, -0.25) is 14.9 Å². The Morgan fingerprint density at radius 1 is 1.10 bits per heavy atom. The summed E-state index contributed by atoms with van der Waals surface area (Å²) < 4.78 is 6.71. The van der Waals surface area contributed by atoms with Crippen LogP contribution in [0.2, 0.25) is 0 Å². The number of fused-ring (bicyclic) bond motifs is 2. The molecule has 0 aliphatic heterocycles. The highest BCUT2D eigenvalue weighted by Crippen LogP contribution is 2.38. The van der Waals surface area contributed by atoms with Crippen molar-refractivity contribution in [3.63, 3.8) is 0 Å². The molecule has 2 aromatic heterocycles. The minimum atomic E-state index is -0.427. The van der Waals surface area contributed by atoms with Gasteiger partial charge >= 0.3 is 0 Å². The van der Waals surface area contributed by atoms with Crippen LogP contribution in [0.4, 0.5) is 5.69 Å². The van der Waals surface area contributed by atoms with E-state index in [-0.39, 0.29) is 17.6 Å². The first-order valence-electron chi connectivity index (χ1n) is 12.7. The van der Waals surface area contributed by atoms with Crippen molar-refractivity contribution in [2.75, 3.05) is 0 Å². The maximum Gasteiger partial charge on any atom is 0.271 e. The van der Waals surface area contributed by atoms with E-state index in [9.17, 15) is 14.9 Å². The number of rotatable bonds is 9. The fraction of sp³-hybridized carbons (Fsp3) is 0.207. The lowest BCUT2D eigenvalue weighted by molar-refractivity contribution is -0.384. The average molecular weight is 540 g/mol. The monoisotopic (exact) mass is 539 g/mol. The molecule has 9 nitrogen and oxygen atoms in total. The molecule has 2 N–H and O–H groups in total. The number of nitro benzene ring substituents is 1. The third kappa shape index (κ3) is 5.28. The zero-order chi connectivity index (χ0) is 26.8. The van der Waals surface area contributed by atoms with Crippen LogP contribution < -0.4 is 4.74 Å². The molecule has 1 aliphatic carbocycles. The molecular formula is C29H25N5O4S. The van der Waals surface area contributed by atoms with Crippen molar-refractivity contribution in [1.82, 2.24) is 19.9 Å². The first-order chi connectivity index (χ1) is 19.0. The van der Waals surface area contributed by atoms with Gasteiger partial charge in [0.05, 0.1) is 16.0 Å². The number of imidazole rings is 2. The number of carbonyl (C=O) groups is 1. The van der Waals surface area contributed by atoms with Crippen LogP contribution in [0, 0.1) is 10.1 Å². The van der Waals surface area contributed by atoms with E-state index in [2.05, 4.69) is 19.9 Å². The third-order valence-corrected chi connectivity index (χ3v) is 7.80. The number of nitrogens with zero attached hydrogens (tertiary/aromatic N) is 3. The Balaban J connectivity index is 1.34. The minimum absolute atomic E-state index is 0.000360. The number of hydrogen-bond acceptors (Lipinski definition) is 7. The van der Waals surface area contributed by atoms with E-state index < -0.39 is 4.92 Å². The SMILES string of the molecule is O=C1CCCc2c1ccc(O[C@@H](Cc1ncc[nH]1)c1ccccc1)c2CSc1nc2cc([N+](=O)[O-])ccc2[nH]1. The second kappa shape index (κ2) is 10.7. The molecule has 0 amide bonds. The fourth-order valence-corrected chi connectivity index (χ4v) is 5.92. The van der Waals surface area contributed by atoms with E-state index in [0.29, 0.717) is 29.3 Å². The Kier molecular flexibility index (Phi) is 6.85. The first kappa shape index (κ1) is 24.9. The third-order valence-electron chi connectivity index (χ3n) is 6.90. The lowest BCUT2D eigenvalue weighted by Gasteiger charge is -2.25. The van der Waals surface area contributed by atoms with Crippen LogP contribution in [-0.2, 0) is 18.6 Å². The van der Waals surface area contributed by atoms with Gasteiger partial charge in [0.25, 0.3) is 5.69 Å². The molecule has 10 heteroatoms. The Morgan fingerprint density at radius 2 is 1.97 bits per heavy atom. The number of thioether (sulfide) groups is 1. The molecule has 1 atom stereocenters. The van der Waals surface area contributed by atoms with Gasteiger partial charge in [0, 0.05) is 54.2 Å². The van der Waals surface area contributed by atoms with Gasteiger partial charge in [0.1, 0.15) is 17.7 Å². The molecule has 1 aliphatic rings. The van der Waals surface area contributed by atoms with Crippen LogP contribution in [0.3, 0.4) is 0 Å². The van der Waals surface area contributed by atoms with Crippen LogP contribution in [0.1, 0.15) is 51.8 Å².